The standard InChI is InChI=1S/C8H9BrO2S/c9-6-1-8(12-5-6)4-11-7-2-10-3-7/h1,5,7H,2-4H2. The van der Waals surface area contributed by atoms with Crippen LogP contribution in [0.25, 0.3) is 0 Å². The molecule has 0 atom stereocenters. The summed E-state index contributed by atoms with van der Waals surface area (Å²) in [7, 11) is 0. The summed E-state index contributed by atoms with van der Waals surface area (Å²) in [6, 6.07) is 2.09. The topological polar surface area (TPSA) is 18.5 Å². The predicted molar refractivity (Wildman–Crippen MR) is 51.4 cm³/mol. The first-order valence-corrected chi connectivity index (χ1v) is 5.44. The highest BCUT2D eigenvalue weighted by Crippen LogP contribution is 2.21. The van der Waals surface area contributed by atoms with Crippen LogP contribution >= 0.6 is 27.3 Å². The van der Waals surface area contributed by atoms with E-state index in [9.17, 15) is 0 Å². The maximum Gasteiger partial charge on any atom is 0.105 e. The Kier molecular flexibility index (Phi) is 2.80. The summed E-state index contributed by atoms with van der Waals surface area (Å²) >= 11 is 5.11. The lowest BCUT2D eigenvalue weighted by Crippen LogP contribution is -2.35. The van der Waals surface area contributed by atoms with Gasteiger partial charge in [0.25, 0.3) is 0 Å². The summed E-state index contributed by atoms with van der Waals surface area (Å²) in [5.41, 5.74) is 0. The molecule has 0 radical (unpaired) electrons. The van der Waals surface area contributed by atoms with Gasteiger partial charge in [0, 0.05) is 14.7 Å². The van der Waals surface area contributed by atoms with Gasteiger partial charge in [0.05, 0.1) is 19.8 Å². The van der Waals surface area contributed by atoms with E-state index in [0.29, 0.717) is 12.7 Å². The molecule has 1 aromatic rings. The number of thiophene rings is 1. The Balaban J connectivity index is 1.79. The number of rotatable bonds is 3. The Morgan fingerprint density at radius 3 is 3.00 bits per heavy atom. The van der Waals surface area contributed by atoms with E-state index in [4.69, 9.17) is 9.47 Å². The second kappa shape index (κ2) is 3.87. The first-order valence-electron chi connectivity index (χ1n) is 3.77. The molecule has 2 rings (SSSR count). The maximum atomic E-state index is 5.54. The molecule has 0 amide bonds. The van der Waals surface area contributed by atoms with Gasteiger partial charge >= 0.3 is 0 Å². The molecule has 1 aliphatic heterocycles. The van der Waals surface area contributed by atoms with Crippen LogP contribution in [0.1, 0.15) is 4.88 Å². The third-order valence-corrected chi connectivity index (χ3v) is 3.36. The van der Waals surface area contributed by atoms with Gasteiger partial charge in [-0.15, -0.1) is 11.3 Å². The van der Waals surface area contributed by atoms with E-state index in [1.54, 1.807) is 11.3 Å². The number of ether oxygens (including phenoxy) is 2. The van der Waals surface area contributed by atoms with Crippen molar-refractivity contribution in [3.8, 4) is 0 Å². The maximum absolute atomic E-state index is 5.54. The fourth-order valence-electron chi connectivity index (χ4n) is 0.940. The van der Waals surface area contributed by atoms with Crippen LogP contribution in [-0.4, -0.2) is 19.3 Å². The summed E-state index contributed by atoms with van der Waals surface area (Å²) in [5, 5.41) is 2.07. The number of hydrogen-bond acceptors (Lipinski definition) is 3. The van der Waals surface area contributed by atoms with Crippen LogP contribution < -0.4 is 0 Å². The second-order valence-corrected chi connectivity index (χ2v) is 4.61. The minimum absolute atomic E-state index is 0.325. The van der Waals surface area contributed by atoms with Gasteiger partial charge in [-0.25, -0.2) is 0 Å². The summed E-state index contributed by atoms with van der Waals surface area (Å²) in [6.45, 7) is 2.23. The molecule has 1 aliphatic rings. The first-order chi connectivity index (χ1) is 5.84. The highest BCUT2D eigenvalue weighted by Gasteiger charge is 2.18. The molecule has 0 spiro atoms. The van der Waals surface area contributed by atoms with Crippen molar-refractivity contribution < 1.29 is 9.47 Å². The van der Waals surface area contributed by atoms with Gasteiger partial charge in [-0.1, -0.05) is 0 Å². The van der Waals surface area contributed by atoms with Crippen molar-refractivity contribution in [1.82, 2.24) is 0 Å². The Morgan fingerprint density at radius 1 is 1.67 bits per heavy atom. The molecule has 12 heavy (non-hydrogen) atoms. The van der Waals surface area contributed by atoms with Gasteiger partial charge in [-0.05, 0) is 22.0 Å². The highest BCUT2D eigenvalue weighted by atomic mass is 79.9. The Bertz CT molecular complexity index is 257. The molecule has 0 unspecified atom stereocenters. The van der Waals surface area contributed by atoms with Crippen LogP contribution in [0.5, 0.6) is 0 Å². The zero-order valence-corrected chi connectivity index (χ0v) is 8.86. The molecule has 0 aliphatic carbocycles. The molecule has 0 aromatic carbocycles. The zero-order chi connectivity index (χ0) is 8.39. The first kappa shape index (κ1) is 8.69. The molecule has 66 valence electrons. The SMILES string of the molecule is Brc1csc(COC2COC2)c1. The fourth-order valence-corrected chi connectivity index (χ4v) is 2.31. The van der Waals surface area contributed by atoms with E-state index in [0.717, 1.165) is 17.7 Å². The number of hydrogen-bond donors (Lipinski definition) is 0. The van der Waals surface area contributed by atoms with Crippen molar-refractivity contribution in [2.45, 2.75) is 12.7 Å². The van der Waals surface area contributed by atoms with Crippen molar-refractivity contribution in [1.29, 1.82) is 0 Å². The van der Waals surface area contributed by atoms with Gasteiger partial charge in [0.15, 0.2) is 0 Å². The fraction of sp³-hybridized carbons (Fsp3) is 0.500. The van der Waals surface area contributed by atoms with Gasteiger partial charge < -0.3 is 9.47 Å². The summed E-state index contributed by atoms with van der Waals surface area (Å²) in [4.78, 5) is 1.26. The smallest absolute Gasteiger partial charge is 0.105 e. The van der Waals surface area contributed by atoms with Crippen LogP contribution in [-0.2, 0) is 16.1 Å². The molecular weight excluding hydrogens is 240 g/mol. The molecule has 4 heteroatoms. The lowest BCUT2D eigenvalue weighted by atomic mass is 10.3. The Hall–Kier alpha value is 0.1000. The zero-order valence-electron chi connectivity index (χ0n) is 6.46. The molecule has 2 heterocycles. The minimum atomic E-state index is 0.325. The predicted octanol–water partition coefficient (Wildman–Crippen LogP) is 2.43. The van der Waals surface area contributed by atoms with Gasteiger partial charge in [0.2, 0.25) is 0 Å². The van der Waals surface area contributed by atoms with Crippen molar-refractivity contribution in [2.24, 2.45) is 0 Å². The Morgan fingerprint density at radius 2 is 2.50 bits per heavy atom. The monoisotopic (exact) mass is 248 g/mol. The molecule has 1 fully saturated rings. The third-order valence-electron chi connectivity index (χ3n) is 1.69. The van der Waals surface area contributed by atoms with E-state index in [2.05, 4.69) is 27.4 Å². The van der Waals surface area contributed by atoms with E-state index >= 15 is 0 Å². The van der Waals surface area contributed by atoms with Crippen molar-refractivity contribution >= 4 is 27.3 Å². The Labute approximate surface area is 83.6 Å². The van der Waals surface area contributed by atoms with Gasteiger partial charge in [0.1, 0.15) is 6.10 Å². The van der Waals surface area contributed by atoms with Crippen LogP contribution in [0.2, 0.25) is 0 Å². The third kappa shape index (κ3) is 2.07. The molecule has 0 saturated carbocycles. The molecule has 1 saturated heterocycles. The molecular formula is C8H9BrO2S. The van der Waals surface area contributed by atoms with Crippen LogP contribution in [0.15, 0.2) is 15.9 Å². The van der Waals surface area contributed by atoms with E-state index in [-0.39, 0.29) is 0 Å². The van der Waals surface area contributed by atoms with E-state index < -0.39 is 0 Å². The summed E-state index contributed by atoms with van der Waals surface area (Å²) < 4.78 is 11.7. The van der Waals surface area contributed by atoms with Crippen LogP contribution in [0.3, 0.4) is 0 Å². The van der Waals surface area contributed by atoms with Gasteiger partial charge in [-0.2, -0.15) is 0 Å². The van der Waals surface area contributed by atoms with Crippen molar-refractivity contribution in [3.63, 3.8) is 0 Å². The quantitative estimate of drug-likeness (QED) is 0.819. The van der Waals surface area contributed by atoms with Crippen molar-refractivity contribution in [2.75, 3.05) is 13.2 Å². The lowest BCUT2D eigenvalue weighted by molar-refractivity contribution is -0.134. The van der Waals surface area contributed by atoms with Crippen LogP contribution in [0.4, 0.5) is 0 Å². The second-order valence-electron chi connectivity index (χ2n) is 2.70. The van der Waals surface area contributed by atoms with E-state index in [1.807, 2.05) is 0 Å². The molecule has 2 nitrogen and oxygen atoms in total. The van der Waals surface area contributed by atoms with Gasteiger partial charge in [-0.3, -0.25) is 0 Å². The average molecular weight is 249 g/mol. The minimum Gasteiger partial charge on any atom is -0.376 e. The molecule has 0 bridgehead atoms. The summed E-state index contributed by atoms with van der Waals surface area (Å²) in [5.74, 6) is 0. The lowest BCUT2D eigenvalue weighted by Gasteiger charge is -2.25. The largest absolute Gasteiger partial charge is 0.376 e. The average Bonchev–Trinajstić information content (AvgIpc) is 2.32. The van der Waals surface area contributed by atoms with Crippen LogP contribution in [0, 0.1) is 0 Å². The normalized spacial score (nSPS) is 17.8. The van der Waals surface area contributed by atoms with E-state index in [1.165, 1.54) is 4.88 Å². The summed E-state index contributed by atoms with van der Waals surface area (Å²) in [6.07, 6.45) is 0.325. The molecule has 1 aromatic heterocycles. The highest BCUT2D eigenvalue weighted by molar-refractivity contribution is 9.10. The number of halogens is 1. The molecule has 0 N–H and O–H groups in total. The van der Waals surface area contributed by atoms with Crippen molar-refractivity contribution in [3.05, 3.63) is 20.8 Å².